The fourth-order valence-corrected chi connectivity index (χ4v) is 5.17. The lowest BCUT2D eigenvalue weighted by Gasteiger charge is -2.38. The molecule has 7 heteroatoms. The molecule has 30 heavy (non-hydrogen) atoms. The number of allylic oxidation sites excluding steroid dienone is 1. The number of methoxy groups -OCH3 is 1. The third-order valence-electron chi connectivity index (χ3n) is 6.82. The van der Waals surface area contributed by atoms with Crippen LogP contribution in [0.5, 0.6) is 0 Å². The molecule has 2 aliphatic rings. The number of ether oxygens (including phenoxy) is 3. The van der Waals surface area contributed by atoms with Gasteiger partial charge in [-0.15, -0.1) is 0 Å². The lowest BCUT2D eigenvalue weighted by atomic mass is 9.90. The van der Waals surface area contributed by atoms with E-state index in [-0.39, 0.29) is 35.2 Å². The molecular formula is C23H39BrO5Si. The molecule has 1 unspecified atom stereocenters. The van der Waals surface area contributed by atoms with Crippen LogP contribution in [0.15, 0.2) is 22.7 Å². The summed E-state index contributed by atoms with van der Waals surface area (Å²) in [4.78, 5) is 11.8. The number of carbonyl (C=O) groups is 1. The Kier molecular flexibility index (Phi) is 9.37. The van der Waals surface area contributed by atoms with Crippen LogP contribution >= 0.6 is 15.9 Å². The van der Waals surface area contributed by atoms with Crippen LogP contribution in [-0.4, -0.2) is 47.0 Å². The van der Waals surface area contributed by atoms with E-state index in [1.807, 2.05) is 6.08 Å². The molecule has 0 amide bonds. The van der Waals surface area contributed by atoms with Crippen molar-refractivity contribution < 1.29 is 23.4 Å². The van der Waals surface area contributed by atoms with Crippen LogP contribution in [0.1, 0.15) is 52.9 Å². The monoisotopic (exact) mass is 502 g/mol. The van der Waals surface area contributed by atoms with Gasteiger partial charge in [0.25, 0.3) is 0 Å². The third kappa shape index (κ3) is 6.76. The predicted octanol–water partition coefficient (Wildman–Crippen LogP) is 5.95. The van der Waals surface area contributed by atoms with Crippen molar-refractivity contribution in [1.29, 1.82) is 0 Å². The molecule has 1 aliphatic heterocycles. The van der Waals surface area contributed by atoms with Crippen LogP contribution in [0.25, 0.3) is 0 Å². The first-order valence-corrected chi connectivity index (χ1v) is 14.7. The van der Waals surface area contributed by atoms with Crippen molar-refractivity contribution in [2.24, 2.45) is 11.8 Å². The summed E-state index contributed by atoms with van der Waals surface area (Å²) in [5.41, 5.74) is 1.15. The number of halogens is 1. The molecule has 1 aliphatic carbocycles. The number of hydrogen-bond acceptors (Lipinski definition) is 5. The summed E-state index contributed by atoms with van der Waals surface area (Å²) in [5.74, 6) is 0.0167. The van der Waals surface area contributed by atoms with Crippen molar-refractivity contribution in [2.75, 3.05) is 20.3 Å². The van der Waals surface area contributed by atoms with E-state index in [0.717, 1.165) is 37.9 Å². The van der Waals surface area contributed by atoms with Crippen molar-refractivity contribution in [1.82, 2.24) is 0 Å². The molecule has 5 nitrogen and oxygen atoms in total. The van der Waals surface area contributed by atoms with E-state index in [1.165, 1.54) is 7.11 Å². The summed E-state index contributed by atoms with van der Waals surface area (Å²) in [6.45, 7) is 17.1. The van der Waals surface area contributed by atoms with Gasteiger partial charge >= 0.3 is 5.97 Å². The smallest absolute Gasteiger partial charge is 0.344 e. The number of rotatable bonds is 8. The zero-order valence-electron chi connectivity index (χ0n) is 19.5. The van der Waals surface area contributed by atoms with Gasteiger partial charge in [0.2, 0.25) is 0 Å². The maximum Gasteiger partial charge on any atom is 0.344 e. The summed E-state index contributed by atoms with van der Waals surface area (Å²) < 4.78 is 24.1. The van der Waals surface area contributed by atoms with E-state index < -0.39 is 8.32 Å². The van der Waals surface area contributed by atoms with Gasteiger partial charge in [0.05, 0.1) is 17.7 Å². The van der Waals surface area contributed by atoms with Gasteiger partial charge in [-0.25, -0.2) is 4.79 Å². The average molecular weight is 504 g/mol. The fourth-order valence-electron chi connectivity index (χ4n) is 3.78. The van der Waals surface area contributed by atoms with Crippen molar-refractivity contribution in [3.8, 4) is 0 Å². The Bertz CT molecular complexity index is 634. The Balaban J connectivity index is 2.15. The molecule has 4 atom stereocenters. The van der Waals surface area contributed by atoms with Gasteiger partial charge < -0.3 is 18.6 Å². The van der Waals surface area contributed by atoms with Gasteiger partial charge in [0, 0.05) is 19.1 Å². The normalized spacial score (nSPS) is 28.6. The maximum atomic E-state index is 11.8. The second-order valence-corrected chi connectivity index (χ2v) is 15.6. The van der Waals surface area contributed by atoms with Crippen molar-refractivity contribution in [3.63, 3.8) is 0 Å². The SMILES string of the molecule is C=C1C[C@@H](OC2CCCCO2)[C@H](CO[Si](C)(C)C(C)(C)C)[C@H]1C/C=C(\Br)C(=O)OC. The van der Waals surface area contributed by atoms with Gasteiger partial charge in [0.1, 0.15) is 0 Å². The van der Waals surface area contributed by atoms with E-state index in [1.54, 1.807) is 0 Å². The van der Waals surface area contributed by atoms with Crippen LogP contribution in [0.2, 0.25) is 18.1 Å². The predicted molar refractivity (Wildman–Crippen MR) is 126 cm³/mol. The lowest BCUT2D eigenvalue weighted by Crippen LogP contribution is -2.43. The van der Waals surface area contributed by atoms with Crippen LogP contribution < -0.4 is 0 Å². The molecule has 172 valence electrons. The van der Waals surface area contributed by atoms with E-state index >= 15 is 0 Å². The second-order valence-electron chi connectivity index (χ2n) is 9.95. The van der Waals surface area contributed by atoms with Crippen molar-refractivity contribution in [3.05, 3.63) is 22.7 Å². The molecule has 1 heterocycles. The highest BCUT2D eigenvalue weighted by Crippen LogP contribution is 2.44. The molecular weight excluding hydrogens is 464 g/mol. The van der Waals surface area contributed by atoms with E-state index in [4.69, 9.17) is 18.6 Å². The molecule has 1 saturated heterocycles. The van der Waals surface area contributed by atoms with Crippen molar-refractivity contribution in [2.45, 2.75) is 83.4 Å². The molecule has 1 saturated carbocycles. The van der Waals surface area contributed by atoms with E-state index in [2.05, 4.69) is 56.4 Å². The Morgan fingerprint density at radius 2 is 2.03 bits per heavy atom. The minimum Gasteiger partial charge on any atom is -0.465 e. The van der Waals surface area contributed by atoms with Crippen LogP contribution in [-0.2, 0) is 23.4 Å². The van der Waals surface area contributed by atoms with Gasteiger partial charge in [-0.05, 0) is 72.1 Å². The van der Waals surface area contributed by atoms with Crippen LogP contribution in [0.3, 0.4) is 0 Å². The number of carbonyl (C=O) groups excluding carboxylic acids is 1. The maximum absolute atomic E-state index is 11.8. The highest BCUT2D eigenvalue weighted by atomic mass is 79.9. The zero-order valence-corrected chi connectivity index (χ0v) is 22.0. The summed E-state index contributed by atoms with van der Waals surface area (Å²) in [7, 11) is -0.505. The number of hydrogen-bond donors (Lipinski definition) is 0. The van der Waals surface area contributed by atoms with Gasteiger partial charge in [-0.2, -0.15) is 0 Å². The molecule has 2 fully saturated rings. The first-order chi connectivity index (χ1) is 14.0. The van der Waals surface area contributed by atoms with Gasteiger partial charge in [-0.1, -0.05) is 39.0 Å². The third-order valence-corrected chi connectivity index (χ3v) is 12.0. The van der Waals surface area contributed by atoms with Crippen LogP contribution in [0, 0.1) is 11.8 Å². The minimum absolute atomic E-state index is 0.0284. The molecule has 0 aromatic rings. The van der Waals surface area contributed by atoms with Gasteiger partial charge in [-0.3, -0.25) is 0 Å². The molecule has 0 N–H and O–H groups in total. The summed E-state index contributed by atoms with van der Waals surface area (Å²) in [6.07, 6.45) is 6.47. The lowest BCUT2D eigenvalue weighted by molar-refractivity contribution is -0.197. The van der Waals surface area contributed by atoms with Gasteiger partial charge in [0.15, 0.2) is 14.6 Å². The molecule has 0 radical (unpaired) electrons. The fraction of sp³-hybridized carbons (Fsp3) is 0.783. The highest BCUT2D eigenvalue weighted by molar-refractivity contribution is 9.12. The zero-order chi connectivity index (χ0) is 22.5. The summed E-state index contributed by atoms with van der Waals surface area (Å²) in [5, 5.41) is 0.148. The molecule has 0 bridgehead atoms. The highest BCUT2D eigenvalue weighted by Gasteiger charge is 2.43. The summed E-state index contributed by atoms with van der Waals surface area (Å²) >= 11 is 3.32. The largest absolute Gasteiger partial charge is 0.465 e. The topological polar surface area (TPSA) is 54.0 Å². The average Bonchev–Trinajstić information content (AvgIpc) is 2.97. The first kappa shape index (κ1) is 25.8. The van der Waals surface area contributed by atoms with E-state index in [0.29, 0.717) is 17.5 Å². The standard InChI is InChI=1S/C23H39BrO5Si/c1-16-14-20(29-21-10-8-9-13-27-21)18(15-28-30(6,7)23(2,3)4)17(16)11-12-19(24)22(25)26-5/h12,17-18,20-21H,1,8-11,13-15H2,2-7H3/b19-12-/t17-,18+,20+,21?/m0/s1. The Morgan fingerprint density at radius 1 is 1.33 bits per heavy atom. The number of esters is 1. The Hall–Kier alpha value is -0.473. The van der Waals surface area contributed by atoms with E-state index in [9.17, 15) is 4.79 Å². The van der Waals surface area contributed by atoms with Crippen molar-refractivity contribution >= 4 is 30.2 Å². The first-order valence-electron chi connectivity index (χ1n) is 11.0. The quantitative estimate of drug-likeness (QED) is 0.177. The Morgan fingerprint density at radius 3 is 2.60 bits per heavy atom. The second kappa shape index (κ2) is 10.9. The molecule has 0 aromatic carbocycles. The minimum atomic E-state index is -1.89. The summed E-state index contributed by atoms with van der Waals surface area (Å²) in [6, 6.07) is 0. The molecule has 0 aromatic heterocycles. The molecule has 0 spiro atoms. The molecule has 2 rings (SSSR count). The van der Waals surface area contributed by atoms with Crippen LogP contribution in [0.4, 0.5) is 0 Å². The Labute approximate surface area is 191 Å².